The molecule has 34 N–H and O–H groups in total. The minimum atomic E-state index is -1.65. The van der Waals surface area contributed by atoms with Crippen molar-refractivity contribution in [2.75, 3.05) is 52.4 Å². The Bertz CT molecular complexity index is 5280. The molecule has 2 aromatic heterocycles. The number of fused-ring (bicyclic) bond motifs is 4. The molecule has 4 aromatic carbocycles. The van der Waals surface area contributed by atoms with Gasteiger partial charge in [-0.25, -0.2) is 0 Å². The summed E-state index contributed by atoms with van der Waals surface area (Å²) in [5, 5.41) is 88.3. The minimum absolute atomic E-state index is 0.00215. The summed E-state index contributed by atoms with van der Waals surface area (Å²) < 4.78 is 0. The maximum Gasteiger partial charge on any atom is 0.246 e. The number of rotatable bonds is 36. The van der Waals surface area contributed by atoms with Crippen LogP contribution in [0.3, 0.4) is 0 Å². The highest BCUT2D eigenvalue weighted by molar-refractivity contribution is 6.02. The lowest BCUT2D eigenvalue weighted by atomic mass is 9.98. The van der Waals surface area contributed by atoms with E-state index in [1.165, 1.54) is 58.3 Å². The number of aromatic hydroxyl groups is 2. The molecule has 0 spiro atoms. The molecule has 3 fully saturated rings. The molecule has 0 unspecified atom stereocenters. The van der Waals surface area contributed by atoms with E-state index in [1.807, 2.05) is 32.0 Å². The van der Waals surface area contributed by atoms with Crippen LogP contribution < -0.4 is 114 Å². The number of guanidine groups is 3. The molecule has 3 aliphatic heterocycles. The zero-order chi connectivity index (χ0) is 103. The van der Waals surface area contributed by atoms with Crippen molar-refractivity contribution in [3.05, 3.63) is 132 Å². The second-order valence-electron chi connectivity index (χ2n) is 37.5. The average Bonchev–Trinajstić information content (AvgIpc) is 1.63. The highest BCUT2D eigenvalue weighted by atomic mass is 16.3. The SMILES string of the molecule is CC(C)C[C@@H]1NC(=O)[C@H](Cc2c[nH]c3ccccc23)NC(=O)[C@H](CC(C)C)NC(=O)[C@@H]2CCCN2C(=O)[C@H]2CCCN2C(=O)[C@H](CCCNC(=N)N)NC(=O)[C@H](Cc2ccc(O)cc2)NC(=O)[C@H](Cc2ccc(O)cc2)NC(=O)[C@H](CCCCN)NC(=O)[C@H](Cc2c[nH]c3ccccc23)NC(=O)[C@H](CCCNC(=N)N)NC(=O)[C@H](CCCNC(=N)N)NC(=O)[C@H](CCCCN)NC(=O)[C@H](CCCCN)NC1=O. The summed E-state index contributed by atoms with van der Waals surface area (Å²) in [4.78, 5) is 226. The number of phenols is 2. The number of benzene rings is 4. The average molecular weight is 1970 g/mol. The van der Waals surface area contributed by atoms with Crippen LogP contribution in [-0.2, 0) is 92.8 Å². The van der Waals surface area contributed by atoms with Crippen LogP contribution in [0.1, 0.15) is 185 Å². The Balaban J connectivity index is 1.16. The summed E-state index contributed by atoms with van der Waals surface area (Å²) in [6, 6.07) is 5.16. The topological polar surface area (TPSA) is 726 Å². The second kappa shape index (κ2) is 56.3. The first kappa shape index (κ1) is 111. The first-order chi connectivity index (χ1) is 68.0. The molecule has 14 amide bonds. The lowest BCUT2D eigenvalue weighted by Gasteiger charge is -2.34. The molecule has 142 heavy (non-hydrogen) atoms. The number of H-pyrrole nitrogens is 2. The molecule has 6 aromatic rings. The van der Waals surface area contributed by atoms with Crippen LogP contribution in [0.15, 0.2) is 109 Å². The Kier molecular flexibility index (Phi) is 44.2. The molecule has 3 aliphatic rings. The van der Waals surface area contributed by atoms with Crippen molar-refractivity contribution in [2.45, 2.75) is 273 Å². The number of nitrogens with two attached hydrogens (primary N) is 6. The first-order valence-corrected chi connectivity index (χ1v) is 49.3. The number of carbonyl (C=O) groups excluding carboxylic acids is 14. The van der Waals surface area contributed by atoms with Crippen LogP contribution in [0.4, 0.5) is 0 Å². The summed E-state index contributed by atoms with van der Waals surface area (Å²) in [5.41, 5.74) is 38.4. The van der Waals surface area contributed by atoms with Gasteiger partial charge in [0, 0.05) is 92.6 Å². The molecule has 3 saturated heterocycles. The number of unbranched alkanes of at least 4 members (excludes halogenated alkanes) is 3. The molecule has 0 bridgehead atoms. The summed E-state index contributed by atoms with van der Waals surface area (Å²) in [7, 11) is 0. The number of aromatic nitrogens is 2. The van der Waals surface area contributed by atoms with Gasteiger partial charge in [0.15, 0.2) is 17.9 Å². The molecule has 9 rings (SSSR count). The van der Waals surface area contributed by atoms with E-state index in [2.05, 4.69) is 89.7 Å². The van der Waals surface area contributed by atoms with E-state index in [0.29, 0.717) is 76.2 Å². The number of nitrogens with one attached hydrogen (secondary N) is 20. The lowest BCUT2D eigenvalue weighted by Crippen LogP contribution is -2.61. The first-order valence-electron chi connectivity index (χ1n) is 49.3. The summed E-state index contributed by atoms with van der Waals surface area (Å²) in [5.74, 6) is -14.1. The van der Waals surface area contributed by atoms with Crippen LogP contribution in [0.25, 0.3) is 21.8 Å². The summed E-state index contributed by atoms with van der Waals surface area (Å²) in [6.45, 7) is 7.80. The molecule has 774 valence electrons. The van der Waals surface area contributed by atoms with E-state index in [-0.39, 0.29) is 204 Å². The monoisotopic (exact) mass is 1970 g/mol. The van der Waals surface area contributed by atoms with Crippen molar-refractivity contribution in [2.24, 2.45) is 46.2 Å². The van der Waals surface area contributed by atoms with Crippen molar-refractivity contribution in [1.29, 1.82) is 16.2 Å². The Morgan fingerprint density at radius 1 is 0.338 bits per heavy atom. The number of nitrogens with zero attached hydrogens (tertiary/aromatic N) is 2. The van der Waals surface area contributed by atoms with E-state index in [0.717, 1.165) is 0 Å². The van der Waals surface area contributed by atoms with Crippen molar-refractivity contribution in [3.63, 3.8) is 0 Å². The number of hydrogen-bond donors (Lipinski definition) is 28. The van der Waals surface area contributed by atoms with Gasteiger partial charge in [-0.3, -0.25) is 83.4 Å². The van der Waals surface area contributed by atoms with Gasteiger partial charge in [-0.15, -0.1) is 0 Å². The predicted octanol–water partition coefficient (Wildman–Crippen LogP) is -0.587. The van der Waals surface area contributed by atoms with E-state index in [1.54, 1.807) is 56.6 Å². The lowest BCUT2D eigenvalue weighted by molar-refractivity contribution is -0.148. The zero-order valence-corrected chi connectivity index (χ0v) is 81.4. The fourth-order valence-corrected chi connectivity index (χ4v) is 17.9. The Hall–Kier alpha value is -14.2. The van der Waals surface area contributed by atoms with Gasteiger partial charge in [0.05, 0.1) is 0 Å². The number of phenolic OH excluding ortho intramolecular Hbond substituents is 2. The fourth-order valence-electron chi connectivity index (χ4n) is 17.9. The van der Waals surface area contributed by atoms with Gasteiger partial charge in [-0.05, 0) is 225 Å². The van der Waals surface area contributed by atoms with Gasteiger partial charge in [-0.2, -0.15) is 0 Å². The van der Waals surface area contributed by atoms with Crippen LogP contribution in [-0.4, -0.2) is 268 Å². The predicted molar refractivity (Wildman–Crippen MR) is 535 cm³/mol. The van der Waals surface area contributed by atoms with Crippen molar-refractivity contribution in [1.82, 2.24) is 99.5 Å². The number of carbonyl (C=O) groups is 14. The van der Waals surface area contributed by atoms with Crippen LogP contribution >= 0.6 is 0 Å². The smallest absolute Gasteiger partial charge is 0.246 e. The van der Waals surface area contributed by atoms with E-state index in [9.17, 15) is 10.2 Å². The van der Waals surface area contributed by atoms with Gasteiger partial charge in [0.25, 0.3) is 0 Å². The minimum Gasteiger partial charge on any atom is -0.508 e. The largest absolute Gasteiger partial charge is 0.508 e. The van der Waals surface area contributed by atoms with E-state index >= 15 is 67.1 Å². The highest BCUT2D eigenvalue weighted by Gasteiger charge is 2.46. The standard InChI is InChI=1S/C98H146N28O16/c1-56(2)48-74-87(134)116-69(25-10-13-41-100)83(130)113-68(24-9-12-40-99)82(129)114-71(27-15-43-108-96(102)103)84(131)115-72(28-16-44-109-97(104)105)86(133)122-78(52-60-54-111-66-22-7-5-20-64(60)66)91(138)117-70(26-11-14-42-101)85(132)120-77(51-59-34-38-63(128)39-35-59)90(137)121-76(50-58-32-36-62(127)37-33-58)89(136)118-73(29-17-45-110-98(106)107)94(141)126-47-19-31-81(126)95(142)125-46-18-30-80(125)93(140)124-75(49-57(3)4)88(135)123-79(92(139)119-74)53-61-55-112-67-23-8-6-21-65(61)67/h5-8,20-23,32-39,54-57,68-81,111-112,127-128H,9-19,24-31,40-53,99-101H2,1-4H3,(H,113,130)(H,114,129)(H,115,131)(H,116,134)(H,117,138)(H,118,136)(H,119,139)(H,120,132)(H,121,137)(H,122,133)(H,123,135)(H,124,140)(H4,102,103,108)(H4,104,105,109)(H4,106,107,110)/t68-,69-,70-,71-,72-,73-,74-,75-,76-,77-,78-,79-,80-,81+/m0/s1. The number of para-hydroxylation sites is 2. The maximum absolute atomic E-state index is 15.7. The summed E-state index contributed by atoms with van der Waals surface area (Å²) in [6.07, 6.45) is 4.14. The molecular formula is C98H146N28O16. The zero-order valence-electron chi connectivity index (χ0n) is 81.4. The molecule has 44 heteroatoms. The van der Waals surface area contributed by atoms with Gasteiger partial charge in [-0.1, -0.05) is 88.4 Å². The third-order valence-corrected chi connectivity index (χ3v) is 25.4. The summed E-state index contributed by atoms with van der Waals surface area (Å²) >= 11 is 0. The molecule has 14 atom stereocenters. The fraction of sp³-hybridized carbons (Fsp3) is 0.541. The van der Waals surface area contributed by atoms with Gasteiger partial charge < -0.3 is 144 Å². The van der Waals surface area contributed by atoms with Gasteiger partial charge in [0.2, 0.25) is 82.7 Å². The molecule has 44 nitrogen and oxygen atoms in total. The Morgan fingerprint density at radius 3 is 0.951 bits per heavy atom. The van der Waals surface area contributed by atoms with Crippen LogP contribution in [0.5, 0.6) is 11.5 Å². The van der Waals surface area contributed by atoms with E-state index in [4.69, 9.17) is 50.6 Å². The maximum atomic E-state index is 15.7. The second-order valence-corrected chi connectivity index (χ2v) is 37.5. The van der Waals surface area contributed by atoms with Crippen LogP contribution in [0.2, 0.25) is 0 Å². The third-order valence-electron chi connectivity index (χ3n) is 25.4. The molecule has 0 saturated carbocycles. The number of hydrogen-bond acceptors (Lipinski definition) is 22. The van der Waals surface area contributed by atoms with Gasteiger partial charge in [0.1, 0.15) is 96.1 Å². The molecule has 0 radical (unpaired) electrons. The highest BCUT2D eigenvalue weighted by Crippen LogP contribution is 2.29. The Morgan fingerprint density at radius 2 is 0.613 bits per heavy atom. The quantitative estimate of drug-likeness (QED) is 0.0133. The molecular weight excluding hydrogens is 1830 g/mol. The number of amides is 14. The van der Waals surface area contributed by atoms with Gasteiger partial charge >= 0.3 is 0 Å². The molecule has 0 aliphatic carbocycles. The van der Waals surface area contributed by atoms with Crippen LogP contribution in [0, 0.1) is 28.1 Å². The normalized spacial score (nSPS) is 23.1. The van der Waals surface area contributed by atoms with Crippen molar-refractivity contribution < 1.29 is 77.3 Å². The van der Waals surface area contributed by atoms with E-state index < -0.39 is 185 Å². The van der Waals surface area contributed by atoms with Crippen molar-refractivity contribution in [3.8, 4) is 11.5 Å². The Labute approximate surface area is 826 Å². The van der Waals surface area contributed by atoms with Crippen molar-refractivity contribution >= 4 is 122 Å². The molecule has 5 heterocycles. The third kappa shape index (κ3) is 34.7. The number of aromatic amines is 2.